The van der Waals surface area contributed by atoms with E-state index in [0.29, 0.717) is 0 Å². The van der Waals surface area contributed by atoms with Gasteiger partial charge in [-0.2, -0.15) is 0 Å². The molecule has 0 aliphatic heterocycles. The van der Waals surface area contributed by atoms with Crippen LogP contribution in [0.5, 0.6) is 0 Å². The van der Waals surface area contributed by atoms with Crippen molar-refractivity contribution in [2.24, 2.45) is 0 Å². The van der Waals surface area contributed by atoms with Crippen molar-refractivity contribution in [3.8, 4) is 0 Å². The standard InChI is InChI=1S/C14H19O/c1-14(2,3)13-7-6-11(10-4-5-10)8-12(13)9-15/h6-10,15H,4-5H2,1-3H3. The first kappa shape index (κ1) is 10.7. The molecule has 15 heavy (non-hydrogen) atoms. The van der Waals surface area contributed by atoms with Gasteiger partial charge < -0.3 is 5.11 Å². The zero-order chi connectivity index (χ0) is 11.1. The van der Waals surface area contributed by atoms with Crippen LogP contribution in [0.25, 0.3) is 0 Å². The molecule has 2 rings (SSSR count). The molecule has 0 saturated heterocycles. The van der Waals surface area contributed by atoms with E-state index in [1.54, 1.807) is 0 Å². The summed E-state index contributed by atoms with van der Waals surface area (Å²) >= 11 is 0. The number of aliphatic hydroxyl groups excluding tert-OH is 1. The highest BCUT2D eigenvalue weighted by Crippen LogP contribution is 2.41. The lowest BCUT2D eigenvalue weighted by atomic mass is 9.83. The normalized spacial score (nSPS) is 16.8. The highest BCUT2D eigenvalue weighted by molar-refractivity contribution is 5.41. The molecule has 1 fully saturated rings. The molecule has 1 nitrogen and oxygen atoms in total. The molecule has 1 radical (unpaired) electrons. The van der Waals surface area contributed by atoms with Gasteiger partial charge in [0.2, 0.25) is 0 Å². The van der Waals surface area contributed by atoms with E-state index in [2.05, 4.69) is 39.0 Å². The van der Waals surface area contributed by atoms with Crippen LogP contribution < -0.4 is 0 Å². The third-order valence-corrected chi connectivity index (χ3v) is 3.07. The van der Waals surface area contributed by atoms with Gasteiger partial charge in [-0.25, -0.2) is 0 Å². The Morgan fingerprint density at radius 2 is 1.93 bits per heavy atom. The Balaban J connectivity index is 2.39. The zero-order valence-corrected chi connectivity index (χ0v) is 9.75. The van der Waals surface area contributed by atoms with E-state index < -0.39 is 0 Å². The summed E-state index contributed by atoms with van der Waals surface area (Å²) in [7, 11) is 0. The van der Waals surface area contributed by atoms with Gasteiger partial charge in [-0.3, -0.25) is 0 Å². The molecule has 0 heterocycles. The second-order valence-electron chi connectivity index (χ2n) is 5.50. The van der Waals surface area contributed by atoms with Gasteiger partial charge in [0, 0.05) is 0 Å². The molecular weight excluding hydrogens is 184 g/mol. The summed E-state index contributed by atoms with van der Waals surface area (Å²) in [6.07, 6.45) is 2.61. The van der Waals surface area contributed by atoms with E-state index in [-0.39, 0.29) is 5.41 Å². The van der Waals surface area contributed by atoms with Gasteiger partial charge >= 0.3 is 0 Å². The topological polar surface area (TPSA) is 20.2 Å². The number of rotatable bonds is 2. The van der Waals surface area contributed by atoms with Crippen LogP contribution in [-0.2, 0) is 5.41 Å². The van der Waals surface area contributed by atoms with Crippen LogP contribution >= 0.6 is 0 Å². The van der Waals surface area contributed by atoms with Gasteiger partial charge in [0.25, 0.3) is 0 Å². The maximum absolute atomic E-state index is 9.28. The molecule has 1 aliphatic rings. The fraction of sp³-hybridized carbons (Fsp3) is 0.500. The van der Waals surface area contributed by atoms with Crippen molar-refractivity contribution in [1.82, 2.24) is 0 Å². The summed E-state index contributed by atoms with van der Waals surface area (Å²) in [6.45, 7) is 7.76. The van der Waals surface area contributed by atoms with Gasteiger partial charge in [-0.05, 0) is 40.9 Å². The second kappa shape index (κ2) is 3.64. The molecule has 0 aromatic heterocycles. The molecule has 81 valence electrons. The van der Waals surface area contributed by atoms with Gasteiger partial charge in [-0.1, -0.05) is 39.0 Å². The Morgan fingerprint density at radius 3 is 2.40 bits per heavy atom. The lowest BCUT2D eigenvalue weighted by molar-refractivity contribution is 0.410. The van der Waals surface area contributed by atoms with Crippen molar-refractivity contribution in [3.63, 3.8) is 0 Å². The monoisotopic (exact) mass is 203 g/mol. The minimum Gasteiger partial charge on any atom is -0.385 e. The Labute approximate surface area is 92.1 Å². The lowest BCUT2D eigenvalue weighted by Crippen LogP contribution is -2.14. The van der Waals surface area contributed by atoms with E-state index >= 15 is 0 Å². The first-order valence-electron chi connectivity index (χ1n) is 5.64. The second-order valence-corrected chi connectivity index (χ2v) is 5.50. The van der Waals surface area contributed by atoms with Crippen LogP contribution in [0.2, 0.25) is 0 Å². The third kappa shape index (κ3) is 2.23. The van der Waals surface area contributed by atoms with E-state index in [1.807, 2.05) is 0 Å². The van der Waals surface area contributed by atoms with Crippen LogP contribution in [0, 0.1) is 6.61 Å². The van der Waals surface area contributed by atoms with Crippen molar-refractivity contribution in [1.29, 1.82) is 0 Å². The maximum Gasteiger partial charge on any atom is 0.109 e. The summed E-state index contributed by atoms with van der Waals surface area (Å²) in [5, 5.41) is 9.28. The Morgan fingerprint density at radius 1 is 1.27 bits per heavy atom. The molecule has 1 heteroatoms. The average Bonchev–Trinajstić information content (AvgIpc) is 2.98. The first-order valence-corrected chi connectivity index (χ1v) is 5.64. The quantitative estimate of drug-likeness (QED) is 0.776. The first-order chi connectivity index (χ1) is 7.02. The molecule has 1 aromatic rings. The molecule has 1 aliphatic carbocycles. The maximum atomic E-state index is 9.28. The number of hydrogen-bond acceptors (Lipinski definition) is 1. The fourth-order valence-corrected chi connectivity index (χ4v) is 2.04. The van der Waals surface area contributed by atoms with E-state index in [4.69, 9.17) is 0 Å². The van der Waals surface area contributed by atoms with E-state index in [0.717, 1.165) is 11.5 Å². The number of benzene rings is 1. The minimum absolute atomic E-state index is 0.0939. The van der Waals surface area contributed by atoms with Crippen LogP contribution in [0.4, 0.5) is 0 Å². The Hall–Kier alpha value is -0.820. The zero-order valence-electron chi connectivity index (χ0n) is 9.75. The van der Waals surface area contributed by atoms with Crippen molar-refractivity contribution < 1.29 is 5.11 Å². The molecule has 0 amide bonds. The van der Waals surface area contributed by atoms with E-state index in [1.165, 1.54) is 30.6 Å². The molecule has 0 unspecified atom stereocenters. The highest BCUT2D eigenvalue weighted by Gasteiger charge is 2.25. The van der Waals surface area contributed by atoms with Crippen LogP contribution in [0.3, 0.4) is 0 Å². The molecular formula is C14H19O. The van der Waals surface area contributed by atoms with Crippen molar-refractivity contribution in [2.45, 2.75) is 44.9 Å². The third-order valence-electron chi connectivity index (χ3n) is 3.07. The van der Waals surface area contributed by atoms with E-state index in [9.17, 15) is 5.11 Å². The molecule has 1 N–H and O–H groups in total. The molecule has 0 bridgehead atoms. The molecule has 1 saturated carbocycles. The van der Waals surface area contributed by atoms with Gasteiger partial charge in [0.15, 0.2) is 0 Å². The predicted octanol–water partition coefficient (Wildman–Crippen LogP) is 3.74. The SMILES string of the molecule is CC(C)(C)c1ccc(C2CC2)cc1[CH]O. The predicted molar refractivity (Wildman–Crippen MR) is 62.5 cm³/mol. The van der Waals surface area contributed by atoms with Gasteiger partial charge in [0.05, 0.1) is 0 Å². The highest BCUT2D eigenvalue weighted by atomic mass is 16.3. The van der Waals surface area contributed by atoms with Crippen molar-refractivity contribution >= 4 is 0 Å². The Bertz CT molecular complexity index is 356. The summed E-state index contributed by atoms with van der Waals surface area (Å²) in [5.74, 6) is 0.748. The largest absolute Gasteiger partial charge is 0.385 e. The summed E-state index contributed by atoms with van der Waals surface area (Å²) < 4.78 is 0. The average molecular weight is 203 g/mol. The van der Waals surface area contributed by atoms with Crippen molar-refractivity contribution in [3.05, 3.63) is 41.5 Å². The van der Waals surface area contributed by atoms with Gasteiger partial charge in [-0.15, -0.1) is 0 Å². The molecule has 0 spiro atoms. The van der Waals surface area contributed by atoms with Crippen LogP contribution in [0.1, 0.15) is 56.2 Å². The fourth-order valence-electron chi connectivity index (χ4n) is 2.04. The lowest BCUT2D eigenvalue weighted by Gasteiger charge is -2.22. The minimum atomic E-state index is 0.0939. The summed E-state index contributed by atoms with van der Waals surface area (Å²) in [5.41, 5.74) is 3.67. The molecule has 0 atom stereocenters. The number of hydrogen-bond donors (Lipinski definition) is 1. The molecule has 1 aromatic carbocycles. The van der Waals surface area contributed by atoms with Gasteiger partial charge in [0.1, 0.15) is 6.61 Å². The van der Waals surface area contributed by atoms with Crippen LogP contribution in [0.15, 0.2) is 18.2 Å². The summed E-state index contributed by atoms with van der Waals surface area (Å²) in [6, 6.07) is 6.51. The van der Waals surface area contributed by atoms with Crippen LogP contribution in [-0.4, -0.2) is 5.11 Å². The number of aliphatic hydroxyl groups is 1. The Kier molecular flexibility index (Phi) is 2.59. The van der Waals surface area contributed by atoms with Crippen molar-refractivity contribution in [2.75, 3.05) is 0 Å². The summed E-state index contributed by atoms with van der Waals surface area (Å²) in [4.78, 5) is 0. The smallest absolute Gasteiger partial charge is 0.109 e.